The van der Waals surface area contributed by atoms with Crippen molar-refractivity contribution in [2.75, 3.05) is 13.7 Å². The number of hydrogen-bond donors (Lipinski definition) is 1. The van der Waals surface area contributed by atoms with E-state index in [0.29, 0.717) is 28.9 Å². The molecule has 0 unspecified atom stereocenters. The van der Waals surface area contributed by atoms with Crippen LogP contribution in [0.25, 0.3) is 0 Å². The quantitative estimate of drug-likeness (QED) is 0.528. The molecule has 0 aromatic heterocycles. The highest BCUT2D eigenvalue weighted by molar-refractivity contribution is 5.94. The number of ketones is 1. The topological polar surface area (TPSA) is 90.9 Å². The molecule has 1 aliphatic carbocycles. The predicted octanol–water partition coefficient (Wildman–Crippen LogP) is 3.15. The molecule has 1 aliphatic rings. The Kier molecular flexibility index (Phi) is 8.05. The van der Waals surface area contributed by atoms with Gasteiger partial charge in [-0.3, -0.25) is 9.59 Å². The molecule has 0 bridgehead atoms. The number of ether oxygens (including phenoxy) is 3. The summed E-state index contributed by atoms with van der Waals surface area (Å²) in [6, 6.07) is 4.80. The summed E-state index contributed by atoms with van der Waals surface area (Å²) in [5, 5.41) is 3.00. The van der Waals surface area contributed by atoms with E-state index in [0.717, 1.165) is 12.8 Å². The lowest BCUT2D eigenvalue weighted by Gasteiger charge is -2.35. The summed E-state index contributed by atoms with van der Waals surface area (Å²) in [6.07, 6.45) is 2.30. The normalized spacial score (nSPS) is 22.3. The summed E-state index contributed by atoms with van der Waals surface area (Å²) in [7, 11) is 1.45. The van der Waals surface area contributed by atoms with E-state index in [2.05, 4.69) is 19.2 Å². The van der Waals surface area contributed by atoms with Crippen molar-refractivity contribution in [2.24, 2.45) is 11.8 Å². The van der Waals surface area contributed by atoms with Crippen molar-refractivity contribution < 1.29 is 28.6 Å². The smallest absolute Gasteiger partial charge is 0.344 e. The highest BCUT2D eigenvalue weighted by atomic mass is 16.6. The van der Waals surface area contributed by atoms with E-state index in [1.165, 1.54) is 20.5 Å². The number of Topliss-reactive ketones (excluding diaryl/α,β-unsaturated/α-hetero) is 1. The third-order valence-electron chi connectivity index (χ3n) is 5.63. The van der Waals surface area contributed by atoms with Gasteiger partial charge in [0.1, 0.15) is 0 Å². The van der Waals surface area contributed by atoms with E-state index in [4.69, 9.17) is 14.2 Å². The molecule has 0 heterocycles. The zero-order valence-corrected chi connectivity index (χ0v) is 17.8. The van der Waals surface area contributed by atoms with Crippen LogP contribution in [0.3, 0.4) is 0 Å². The third-order valence-corrected chi connectivity index (χ3v) is 5.63. The van der Waals surface area contributed by atoms with Crippen LogP contribution < -0.4 is 14.8 Å². The van der Waals surface area contributed by atoms with Crippen LogP contribution in [0.4, 0.5) is 0 Å². The van der Waals surface area contributed by atoms with Crippen molar-refractivity contribution in [3.05, 3.63) is 23.8 Å². The van der Waals surface area contributed by atoms with Gasteiger partial charge in [0.15, 0.2) is 30.0 Å². The van der Waals surface area contributed by atoms with E-state index in [1.807, 2.05) is 0 Å². The molecule has 160 valence electrons. The molecule has 2 rings (SSSR count). The monoisotopic (exact) mass is 405 g/mol. The number of carbonyl (C=O) groups is 3. The molecule has 1 aromatic carbocycles. The average Bonchev–Trinajstić information content (AvgIpc) is 2.69. The third kappa shape index (κ3) is 6.21. The lowest BCUT2D eigenvalue weighted by molar-refractivity contribution is -0.157. The summed E-state index contributed by atoms with van der Waals surface area (Å²) in [5.41, 5.74) is 0.480. The van der Waals surface area contributed by atoms with Gasteiger partial charge in [0.05, 0.1) is 7.11 Å². The second-order valence-electron chi connectivity index (χ2n) is 7.72. The molecule has 0 radical (unpaired) electrons. The van der Waals surface area contributed by atoms with E-state index < -0.39 is 12.1 Å². The Morgan fingerprint density at radius 1 is 1.17 bits per heavy atom. The van der Waals surface area contributed by atoms with Crippen LogP contribution in [0.1, 0.15) is 57.3 Å². The Bertz CT molecular complexity index is 747. The molecule has 7 nitrogen and oxygen atoms in total. The Morgan fingerprint density at radius 3 is 2.55 bits per heavy atom. The first-order valence-corrected chi connectivity index (χ1v) is 10.0. The summed E-state index contributed by atoms with van der Waals surface area (Å²) in [5.74, 6) is 0.557. The molecular weight excluding hydrogens is 374 g/mol. The van der Waals surface area contributed by atoms with Gasteiger partial charge in [0, 0.05) is 11.6 Å². The highest BCUT2D eigenvalue weighted by Crippen LogP contribution is 2.30. The second kappa shape index (κ2) is 10.3. The first kappa shape index (κ1) is 22.7. The van der Waals surface area contributed by atoms with Crippen LogP contribution in [0.15, 0.2) is 18.2 Å². The van der Waals surface area contributed by atoms with Gasteiger partial charge in [0.25, 0.3) is 5.91 Å². The van der Waals surface area contributed by atoms with Crippen LogP contribution in [0.2, 0.25) is 0 Å². The van der Waals surface area contributed by atoms with Gasteiger partial charge in [0.2, 0.25) is 0 Å². The number of hydrogen-bond acceptors (Lipinski definition) is 6. The minimum absolute atomic E-state index is 0.101. The maximum Gasteiger partial charge on any atom is 0.344 e. The fraction of sp³-hybridized carbons (Fsp3) is 0.591. The lowest BCUT2D eigenvalue weighted by atomic mass is 9.78. The van der Waals surface area contributed by atoms with Crippen molar-refractivity contribution in [3.63, 3.8) is 0 Å². The largest absolute Gasteiger partial charge is 0.493 e. The van der Waals surface area contributed by atoms with Crippen molar-refractivity contribution in [3.8, 4) is 11.5 Å². The van der Waals surface area contributed by atoms with E-state index >= 15 is 0 Å². The molecule has 0 spiro atoms. The minimum atomic E-state index is -0.905. The molecule has 0 aliphatic heterocycles. The molecule has 1 saturated carbocycles. The fourth-order valence-electron chi connectivity index (χ4n) is 3.51. The van der Waals surface area contributed by atoms with Crippen molar-refractivity contribution in [1.29, 1.82) is 0 Å². The molecule has 1 fully saturated rings. The van der Waals surface area contributed by atoms with Crippen molar-refractivity contribution in [2.45, 2.75) is 59.1 Å². The predicted molar refractivity (Wildman–Crippen MR) is 108 cm³/mol. The zero-order valence-electron chi connectivity index (χ0n) is 17.8. The number of rotatable bonds is 8. The van der Waals surface area contributed by atoms with Gasteiger partial charge < -0.3 is 19.5 Å². The summed E-state index contributed by atoms with van der Waals surface area (Å²) < 4.78 is 15.8. The van der Waals surface area contributed by atoms with Crippen LogP contribution in [0.5, 0.6) is 11.5 Å². The number of esters is 1. The number of carbonyl (C=O) groups excluding carboxylic acids is 3. The van der Waals surface area contributed by atoms with Crippen molar-refractivity contribution >= 4 is 17.7 Å². The summed E-state index contributed by atoms with van der Waals surface area (Å²) in [4.78, 5) is 35.9. The van der Waals surface area contributed by atoms with Gasteiger partial charge in [-0.25, -0.2) is 4.79 Å². The van der Waals surface area contributed by atoms with Gasteiger partial charge in [-0.05, 0) is 50.3 Å². The Balaban J connectivity index is 1.85. The lowest BCUT2D eigenvalue weighted by Crippen LogP contribution is -2.47. The van der Waals surface area contributed by atoms with Gasteiger partial charge >= 0.3 is 5.97 Å². The van der Waals surface area contributed by atoms with Crippen LogP contribution >= 0.6 is 0 Å². The van der Waals surface area contributed by atoms with Crippen molar-refractivity contribution in [1.82, 2.24) is 5.32 Å². The fourth-order valence-corrected chi connectivity index (χ4v) is 3.51. The molecule has 7 heteroatoms. The standard InChI is InChI=1S/C22H31NO6/c1-13-7-6-8-18(14(13)2)23-22(26)16(4)29-21(25)12-28-19-10-9-17(15(3)24)11-20(19)27-5/h9-11,13-14,16,18H,6-8,12H2,1-5H3,(H,23,26)/t13-,14-,16-,18-/m1/s1. The zero-order chi connectivity index (χ0) is 21.6. The molecule has 4 atom stereocenters. The Hall–Kier alpha value is -2.57. The van der Waals surface area contributed by atoms with Gasteiger partial charge in [-0.15, -0.1) is 0 Å². The summed E-state index contributed by atoms with van der Waals surface area (Å²) >= 11 is 0. The number of amides is 1. The maximum atomic E-state index is 12.4. The van der Waals surface area contributed by atoms with Crippen LogP contribution in [-0.2, 0) is 14.3 Å². The van der Waals surface area contributed by atoms with Crippen LogP contribution in [0, 0.1) is 11.8 Å². The highest BCUT2D eigenvalue weighted by Gasteiger charge is 2.30. The minimum Gasteiger partial charge on any atom is -0.493 e. The van der Waals surface area contributed by atoms with Gasteiger partial charge in [-0.1, -0.05) is 26.7 Å². The average molecular weight is 405 g/mol. The number of methoxy groups -OCH3 is 1. The first-order valence-electron chi connectivity index (χ1n) is 10.0. The molecule has 1 amide bonds. The number of nitrogens with one attached hydrogen (secondary N) is 1. The molecule has 0 saturated heterocycles. The molecule has 1 N–H and O–H groups in total. The van der Waals surface area contributed by atoms with E-state index in [9.17, 15) is 14.4 Å². The first-order chi connectivity index (χ1) is 13.7. The maximum absolute atomic E-state index is 12.4. The van der Waals surface area contributed by atoms with E-state index in [1.54, 1.807) is 25.1 Å². The van der Waals surface area contributed by atoms with E-state index in [-0.39, 0.29) is 24.3 Å². The number of benzene rings is 1. The molecule has 1 aromatic rings. The Morgan fingerprint density at radius 2 is 1.90 bits per heavy atom. The SMILES string of the molecule is COc1cc(C(C)=O)ccc1OCC(=O)O[C@H](C)C(=O)N[C@@H]1CCC[C@@H](C)[C@H]1C. The van der Waals surface area contributed by atoms with Gasteiger partial charge in [-0.2, -0.15) is 0 Å². The Labute approximate surface area is 172 Å². The molecular formula is C22H31NO6. The summed E-state index contributed by atoms with van der Waals surface area (Å²) in [6.45, 7) is 6.97. The van der Waals surface area contributed by atoms with Crippen LogP contribution in [-0.4, -0.2) is 43.5 Å². The molecule has 29 heavy (non-hydrogen) atoms. The second-order valence-corrected chi connectivity index (χ2v) is 7.72.